The molecule has 4 unspecified atom stereocenters. The fourth-order valence-corrected chi connectivity index (χ4v) is 7.85. The molecule has 0 aromatic heterocycles. The molecule has 2 saturated carbocycles. The minimum atomic E-state index is -0.836. The molecule has 2 aliphatic carbocycles. The zero-order valence-electron chi connectivity index (χ0n) is 27.2. The maximum Gasteiger partial charge on any atom is 0.224 e. The van der Waals surface area contributed by atoms with Gasteiger partial charge in [-0.2, -0.15) is 11.8 Å². The molecule has 7 nitrogen and oxygen atoms in total. The average molecular weight is 605 g/mol. The van der Waals surface area contributed by atoms with Gasteiger partial charge in [0.1, 0.15) is 6.04 Å². The van der Waals surface area contributed by atoms with Crippen molar-refractivity contribution in [3.8, 4) is 0 Å². The van der Waals surface area contributed by atoms with Gasteiger partial charge in [-0.25, -0.2) is 0 Å². The number of rotatable bonds is 20. The summed E-state index contributed by atoms with van der Waals surface area (Å²) in [4.78, 5) is 65.9. The lowest BCUT2D eigenvalue weighted by Crippen LogP contribution is -2.58. The summed E-state index contributed by atoms with van der Waals surface area (Å²) in [5.41, 5.74) is 0.151. The van der Waals surface area contributed by atoms with E-state index in [0.717, 1.165) is 50.7 Å². The first-order valence-electron chi connectivity index (χ1n) is 16.4. The second-order valence-corrected chi connectivity index (χ2v) is 16.7. The Kier molecular flexibility index (Phi) is 11.9. The van der Waals surface area contributed by atoms with Crippen LogP contribution in [0.5, 0.6) is 0 Å². The summed E-state index contributed by atoms with van der Waals surface area (Å²) in [5.74, 6) is -0.705. The normalized spacial score (nSPS) is 24.0. The molecule has 238 valence electrons. The number of hydrogen-bond donors (Lipinski definition) is 2. The van der Waals surface area contributed by atoms with Crippen LogP contribution in [0, 0.1) is 28.6 Å². The first kappa shape index (κ1) is 34.8. The predicted octanol–water partition coefficient (Wildman–Crippen LogP) is 6.21. The van der Waals surface area contributed by atoms with Crippen LogP contribution >= 0.6 is 11.8 Å². The van der Waals surface area contributed by atoms with Crippen molar-refractivity contribution in [3.63, 3.8) is 0 Å². The smallest absolute Gasteiger partial charge is 0.224 e. The summed E-state index contributed by atoms with van der Waals surface area (Å²) < 4.78 is -0.395. The Morgan fingerprint density at radius 2 is 1.64 bits per heavy atom. The van der Waals surface area contributed by atoms with Gasteiger partial charge in [-0.15, -0.1) is 0 Å². The van der Waals surface area contributed by atoms with E-state index >= 15 is 0 Å². The fraction of sp³-hybridized carbons (Fsp3) is 0.853. The van der Waals surface area contributed by atoms with Crippen LogP contribution in [0.1, 0.15) is 132 Å². The third-order valence-electron chi connectivity index (χ3n) is 9.98. The molecule has 5 atom stereocenters. The van der Waals surface area contributed by atoms with Crippen molar-refractivity contribution in [1.82, 2.24) is 10.6 Å². The van der Waals surface area contributed by atoms with Gasteiger partial charge in [0.2, 0.25) is 17.6 Å². The van der Waals surface area contributed by atoms with E-state index in [0.29, 0.717) is 30.6 Å². The van der Waals surface area contributed by atoms with Gasteiger partial charge in [-0.1, -0.05) is 60.3 Å². The molecule has 0 bridgehead atoms. The van der Waals surface area contributed by atoms with E-state index in [2.05, 4.69) is 45.3 Å². The van der Waals surface area contributed by atoms with Crippen molar-refractivity contribution in [2.75, 3.05) is 5.75 Å². The summed E-state index contributed by atoms with van der Waals surface area (Å²) in [5, 5.41) is 6.02. The van der Waals surface area contributed by atoms with Crippen LogP contribution in [0.2, 0.25) is 0 Å². The van der Waals surface area contributed by atoms with E-state index in [-0.39, 0.29) is 35.4 Å². The van der Waals surface area contributed by atoms with Crippen LogP contribution in [0.25, 0.3) is 0 Å². The van der Waals surface area contributed by atoms with E-state index in [1.165, 1.54) is 19.8 Å². The number of carbonyl (C=O) groups excluding carboxylic acids is 5. The minimum Gasteiger partial charge on any atom is -0.346 e. The Morgan fingerprint density at radius 1 is 1.00 bits per heavy atom. The maximum atomic E-state index is 14.1. The van der Waals surface area contributed by atoms with Gasteiger partial charge in [-0.3, -0.25) is 24.0 Å². The number of hydrogen-bond acceptors (Lipinski definition) is 6. The average Bonchev–Trinajstić information content (AvgIpc) is 3.82. The van der Waals surface area contributed by atoms with Crippen molar-refractivity contribution < 1.29 is 24.0 Å². The predicted molar refractivity (Wildman–Crippen MR) is 169 cm³/mol. The van der Waals surface area contributed by atoms with E-state index in [1.807, 2.05) is 6.92 Å². The lowest BCUT2D eigenvalue weighted by atomic mass is 9.80. The Bertz CT molecular complexity index is 1010. The molecular weight excluding hydrogens is 548 g/mol. The lowest BCUT2D eigenvalue weighted by molar-refractivity contribution is -0.139. The summed E-state index contributed by atoms with van der Waals surface area (Å²) in [6.45, 7) is 14.0. The van der Waals surface area contributed by atoms with Gasteiger partial charge in [0.25, 0.3) is 0 Å². The van der Waals surface area contributed by atoms with E-state index in [4.69, 9.17) is 0 Å². The van der Waals surface area contributed by atoms with Crippen molar-refractivity contribution in [2.24, 2.45) is 28.6 Å². The van der Waals surface area contributed by atoms with Crippen molar-refractivity contribution in [3.05, 3.63) is 0 Å². The molecule has 2 N–H and O–H groups in total. The van der Waals surface area contributed by atoms with Gasteiger partial charge in [0.15, 0.2) is 11.6 Å². The third-order valence-corrected chi connectivity index (χ3v) is 11.5. The van der Waals surface area contributed by atoms with Gasteiger partial charge < -0.3 is 10.6 Å². The monoisotopic (exact) mass is 604 g/mol. The molecule has 8 heteroatoms. The molecule has 2 amide bonds. The molecule has 0 aromatic carbocycles. The van der Waals surface area contributed by atoms with Crippen LogP contribution < -0.4 is 10.6 Å². The molecule has 3 aliphatic rings. The zero-order valence-corrected chi connectivity index (χ0v) is 28.1. The lowest BCUT2D eigenvalue weighted by Gasteiger charge is -2.44. The van der Waals surface area contributed by atoms with E-state index in [1.54, 1.807) is 11.8 Å². The standard InChI is InChI=1S/C34H56N2O5S/c1-8-12-32(4,5)21-28(39)36-30(34(7)15-16-42-34)27(38)19-25(17-23(9-2)20-33(6)13-14-33)31(41)35-26(18-24-10-11-24)29(40)22(3)37/h23-26,30H,8-21H2,1-7H3,(H,35,41)(H,36,39)/t23-,25?,26?,30?,34?/m0/s1. The largest absolute Gasteiger partial charge is 0.346 e. The van der Waals surface area contributed by atoms with E-state index in [9.17, 15) is 24.0 Å². The Labute approximate surface area is 258 Å². The number of nitrogens with one attached hydrogen (secondary N) is 2. The Morgan fingerprint density at radius 3 is 2.12 bits per heavy atom. The second kappa shape index (κ2) is 14.4. The highest BCUT2D eigenvalue weighted by atomic mass is 32.2. The molecular formula is C34H56N2O5S. The molecule has 0 spiro atoms. The molecule has 42 heavy (non-hydrogen) atoms. The van der Waals surface area contributed by atoms with Gasteiger partial charge in [0, 0.05) is 30.4 Å². The highest BCUT2D eigenvalue weighted by molar-refractivity contribution is 8.02. The summed E-state index contributed by atoms with van der Waals surface area (Å²) in [6, 6.07) is -1.50. The summed E-state index contributed by atoms with van der Waals surface area (Å²) >= 11 is 1.70. The van der Waals surface area contributed by atoms with Crippen molar-refractivity contribution >= 4 is 40.9 Å². The highest BCUT2D eigenvalue weighted by Crippen LogP contribution is 2.51. The van der Waals surface area contributed by atoms with Crippen LogP contribution in [0.15, 0.2) is 0 Å². The molecule has 3 rings (SSSR count). The van der Waals surface area contributed by atoms with Gasteiger partial charge >= 0.3 is 0 Å². The first-order valence-corrected chi connectivity index (χ1v) is 17.4. The van der Waals surface area contributed by atoms with Crippen molar-refractivity contribution in [2.45, 2.75) is 149 Å². The van der Waals surface area contributed by atoms with Crippen LogP contribution in [0.4, 0.5) is 0 Å². The molecule has 1 saturated heterocycles. The second-order valence-electron chi connectivity index (χ2n) is 15.1. The minimum absolute atomic E-state index is 0.0168. The molecule has 0 radical (unpaired) electrons. The number of amides is 2. The summed E-state index contributed by atoms with van der Waals surface area (Å²) in [7, 11) is 0. The van der Waals surface area contributed by atoms with Crippen LogP contribution in [0.3, 0.4) is 0 Å². The first-order chi connectivity index (χ1) is 19.6. The number of carbonyl (C=O) groups is 5. The molecule has 0 aromatic rings. The zero-order chi connectivity index (χ0) is 31.3. The molecule has 1 heterocycles. The Balaban J connectivity index is 1.80. The Hall–Kier alpha value is -1.70. The number of ketones is 3. The van der Waals surface area contributed by atoms with Gasteiger partial charge in [-0.05, 0) is 80.3 Å². The number of thioether (sulfide) groups is 1. The van der Waals surface area contributed by atoms with Crippen LogP contribution in [-0.4, -0.2) is 51.7 Å². The molecule has 3 fully saturated rings. The number of Topliss-reactive ketones (excluding diaryl/α,β-unsaturated/α-hetero) is 3. The van der Waals surface area contributed by atoms with Gasteiger partial charge in [0.05, 0.1) is 6.04 Å². The van der Waals surface area contributed by atoms with Crippen molar-refractivity contribution in [1.29, 1.82) is 0 Å². The van der Waals surface area contributed by atoms with E-state index < -0.39 is 34.3 Å². The maximum absolute atomic E-state index is 14.1. The quantitative estimate of drug-likeness (QED) is 0.160. The molecule has 1 aliphatic heterocycles. The van der Waals surface area contributed by atoms with Crippen LogP contribution in [-0.2, 0) is 24.0 Å². The topological polar surface area (TPSA) is 109 Å². The summed E-state index contributed by atoms with van der Waals surface area (Å²) in [6.07, 6.45) is 10.4. The third kappa shape index (κ3) is 10.2. The highest BCUT2D eigenvalue weighted by Gasteiger charge is 2.47. The SMILES string of the molecule is CCCC(C)(C)CC(=O)NC(C(=O)CC(C[C@H](CC)CC1(C)CC1)C(=O)NC(CC1CC1)C(=O)C(C)=O)C1(C)CCS1. The fourth-order valence-electron chi connectivity index (χ4n) is 6.65.